The van der Waals surface area contributed by atoms with Crippen LogP contribution in [-0.4, -0.2) is 41.3 Å². The van der Waals surface area contributed by atoms with Gasteiger partial charge < -0.3 is 19.2 Å². The van der Waals surface area contributed by atoms with Crippen LogP contribution in [0.3, 0.4) is 0 Å². The Morgan fingerprint density at radius 1 is 1.26 bits per heavy atom. The SMILES string of the molecule is Cc1sccc1-c1cc(=O)oc2cc(C(C=O)C(=O)N3CCC[C@H](C(=O)O)C3)ccc12. The zero-order valence-electron chi connectivity index (χ0n) is 16.9. The number of thiophene rings is 1. The van der Waals surface area contributed by atoms with Crippen molar-refractivity contribution in [3.63, 3.8) is 0 Å². The van der Waals surface area contributed by atoms with Crippen molar-refractivity contribution in [3.05, 3.63) is 56.6 Å². The minimum absolute atomic E-state index is 0.0861. The molecule has 1 unspecified atom stereocenters. The van der Waals surface area contributed by atoms with Gasteiger partial charge in [-0.15, -0.1) is 11.3 Å². The fraction of sp³-hybridized carbons (Fsp3) is 0.304. The van der Waals surface area contributed by atoms with Crippen LogP contribution in [0.4, 0.5) is 0 Å². The van der Waals surface area contributed by atoms with E-state index in [4.69, 9.17) is 4.42 Å². The van der Waals surface area contributed by atoms with Crippen molar-refractivity contribution in [2.75, 3.05) is 13.1 Å². The second-order valence-corrected chi connectivity index (χ2v) is 8.82. The molecule has 0 spiro atoms. The molecule has 1 fully saturated rings. The van der Waals surface area contributed by atoms with Gasteiger partial charge in [-0.05, 0) is 48.4 Å². The molecule has 1 aromatic carbocycles. The van der Waals surface area contributed by atoms with E-state index in [0.29, 0.717) is 42.2 Å². The van der Waals surface area contributed by atoms with Gasteiger partial charge in [0.2, 0.25) is 5.91 Å². The number of aryl methyl sites for hydroxylation is 1. The zero-order valence-corrected chi connectivity index (χ0v) is 17.7. The first kappa shape index (κ1) is 21.0. The lowest BCUT2D eigenvalue weighted by atomic mass is 9.93. The lowest BCUT2D eigenvalue weighted by Gasteiger charge is -2.32. The largest absolute Gasteiger partial charge is 0.481 e. The first-order chi connectivity index (χ1) is 14.9. The maximum atomic E-state index is 13.0. The van der Waals surface area contributed by atoms with E-state index < -0.39 is 29.3 Å². The second-order valence-electron chi connectivity index (χ2n) is 7.70. The molecule has 2 aromatic heterocycles. The van der Waals surface area contributed by atoms with E-state index in [1.165, 1.54) is 11.0 Å². The number of benzene rings is 1. The Morgan fingerprint density at radius 2 is 2.06 bits per heavy atom. The molecular weight excluding hydrogens is 418 g/mol. The lowest BCUT2D eigenvalue weighted by molar-refractivity contribution is -0.146. The number of carbonyl (C=O) groups excluding carboxylic acids is 2. The van der Waals surface area contributed by atoms with Gasteiger partial charge in [-0.3, -0.25) is 9.59 Å². The van der Waals surface area contributed by atoms with Crippen LogP contribution >= 0.6 is 11.3 Å². The first-order valence-electron chi connectivity index (χ1n) is 9.98. The Balaban J connectivity index is 1.71. The predicted molar refractivity (Wildman–Crippen MR) is 116 cm³/mol. The number of aldehydes is 1. The summed E-state index contributed by atoms with van der Waals surface area (Å²) in [5.41, 5.74) is 1.87. The highest BCUT2D eigenvalue weighted by Gasteiger charge is 2.32. The number of rotatable bonds is 5. The van der Waals surface area contributed by atoms with Crippen LogP contribution in [0.1, 0.15) is 29.2 Å². The minimum atomic E-state index is -1.09. The van der Waals surface area contributed by atoms with Crippen LogP contribution < -0.4 is 5.63 Å². The Morgan fingerprint density at radius 3 is 2.74 bits per heavy atom. The Bertz CT molecular complexity index is 1230. The molecule has 8 heteroatoms. The van der Waals surface area contributed by atoms with Gasteiger partial charge in [0.25, 0.3) is 0 Å². The number of amides is 1. The summed E-state index contributed by atoms with van der Waals surface area (Å²) in [5, 5.41) is 11.9. The molecule has 7 nitrogen and oxygen atoms in total. The highest BCUT2D eigenvalue weighted by Crippen LogP contribution is 2.33. The van der Waals surface area contributed by atoms with Gasteiger partial charge in [0, 0.05) is 35.0 Å². The molecule has 1 saturated heterocycles. The number of likely N-dealkylation sites (tertiary alicyclic amines) is 1. The molecule has 1 N–H and O–H groups in total. The molecule has 2 atom stereocenters. The van der Waals surface area contributed by atoms with Crippen molar-refractivity contribution < 1.29 is 23.9 Å². The number of fused-ring (bicyclic) bond motifs is 1. The molecule has 4 rings (SSSR count). The van der Waals surface area contributed by atoms with Crippen molar-refractivity contribution >= 4 is 40.5 Å². The van der Waals surface area contributed by atoms with Crippen LogP contribution in [-0.2, 0) is 14.4 Å². The van der Waals surface area contributed by atoms with Crippen molar-refractivity contribution in [2.45, 2.75) is 25.7 Å². The molecule has 3 aromatic rings. The zero-order chi connectivity index (χ0) is 22.1. The highest BCUT2D eigenvalue weighted by molar-refractivity contribution is 7.10. The van der Waals surface area contributed by atoms with Gasteiger partial charge in [0.1, 0.15) is 17.8 Å². The summed E-state index contributed by atoms with van der Waals surface area (Å²) in [6, 6.07) is 8.37. The topological polar surface area (TPSA) is 105 Å². The molecule has 31 heavy (non-hydrogen) atoms. The lowest BCUT2D eigenvalue weighted by Crippen LogP contribution is -2.44. The van der Waals surface area contributed by atoms with Crippen molar-refractivity contribution in [1.29, 1.82) is 0 Å². The van der Waals surface area contributed by atoms with Gasteiger partial charge in [-0.25, -0.2) is 4.79 Å². The molecule has 0 bridgehead atoms. The van der Waals surface area contributed by atoms with E-state index in [2.05, 4.69) is 0 Å². The predicted octanol–water partition coefficient (Wildman–Crippen LogP) is 3.44. The number of nitrogens with zero attached hydrogens (tertiary/aromatic N) is 1. The van der Waals surface area contributed by atoms with Crippen molar-refractivity contribution in [1.82, 2.24) is 4.90 Å². The number of hydrogen-bond donors (Lipinski definition) is 1. The fourth-order valence-electron chi connectivity index (χ4n) is 4.11. The molecule has 0 aliphatic carbocycles. The second kappa shape index (κ2) is 8.47. The van der Waals surface area contributed by atoms with Crippen molar-refractivity contribution in [2.24, 2.45) is 5.92 Å². The van der Waals surface area contributed by atoms with E-state index in [1.807, 2.05) is 18.4 Å². The Labute approximate surface area is 181 Å². The summed E-state index contributed by atoms with van der Waals surface area (Å²) in [6.45, 7) is 2.47. The van der Waals surface area contributed by atoms with Gasteiger partial charge in [-0.1, -0.05) is 12.1 Å². The molecule has 0 radical (unpaired) electrons. The summed E-state index contributed by atoms with van der Waals surface area (Å²) >= 11 is 1.58. The Hall–Kier alpha value is -3.26. The van der Waals surface area contributed by atoms with Gasteiger partial charge >= 0.3 is 11.6 Å². The maximum absolute atomic E-state index is 13.0. The summed E-state index contributed by atoms with van der Waals surface area (Å²) in [5.74, 6) is -3.10. The third-order valence-electron chi connectivity index (χ3n) is 5.76. The fourth-order valence-corrected chi connectivity index (χ4v) is 4.83. The van der Waals surface area contributed by atoms with Crippen LogP contribution in [0.5, 0.6) is 0 Å². The summed E-state index contributed by atoms with van der Waals surface area (Å²) in [7, 11) is 0. The van der Waals surface area contributed by atoms with Gasteiger partial charge in [-0.2, -0.15) is 0 Å². The van der Waals surface area contributed by atoms with Crippen molar-refractivity contribution in [3.8, 4) is 11.1 Å². The van der Waals surface area contributed by atoms with E-state index in [1.54, 1.807) is 29.5 Å². The molecule has 1 amide bonds. The van der Waals surface area contributed by atoms with E-state index in [-0.39, 0.29) is 6.54 Å². The number of carboxylic acids is 1. The smallest absolute Gasteiger partial charge is 0.336 e. The normalized spacial score (nSPS) is 17.5. The molecule has 1 aliphatic rings. The van der Waals surface area contributed by atoms with Crippen LogP contribution in [0.15, 0.2) is 44.9 Å². The van der Waals surface area contributed by atoms with Crippen LogP contribution in [0.2, 0.25) is 0 Å². The monoisotopic (exact) mass is 439 g/mol. The van der Waals surface area contributed by atoms with E-state index >= 15 is 0 Å². The summed E-state index contributed by atoms with van der Waals surface area (Å²) in [6.07, 6.45) is 1.64. The number of hydrogen-bond acceptors (Lipinski definition) is 6. The summed E-state index contributed by atoms with van der Waals surface area (Å²) in [4.78, 5) is 50.9. The average molecular weight is 439 g/mol. The summed E-state index contributed by atoms with van der Waals surface area (Å²) < 4.78 is 5.38. The van der Waals surface area contributed by atoms with Crippen LogP contribution in [0, 0.1) is 12.8 Å². The standard InChI is InChI=1S/C23H21NO6S/c1-13-16(6-8-31-13)18-10-21(26)30-20-9-14(4-5-17(18)20)19(12-25)22(27)24-7-2-3-15(11-24)23(28)29/h4-6,8-10,12,15,19H,2-3,7,11H2,1H3,(H,28,29)/t15-,19?/m0/s1. The maximum Gasteiger partial charge on any atom is 0.336 e. The quantitative estimate of drug-likeness (QED) is 0.371. The number of aliphatic carboxylic acids is 1. The van der Waals surface area contributed by atoms with Crippen LogP contribution in [0.25, 0.3) is 22.1 Å². The number of carboxylic acid groups (broad SMARTS) is 1. The Kier molecular flexibility index (Phi) is 5.73. The molecular formula is C23H21NO6S. The first-order valence-corrected chi connectivity index (χ1v) is 10.9. The average Bonchev–Trinajstić information content (AvgIpc) is 3.19. The third kappa shape index (κ3) is 4.03. The van der Waals surface area contributed by atoms with E-state index in [0.717, 1.165) is 16.0 Å². The molecule has 1 aliphatic heterocycles. The molecule has 160 valence electrons. The van der Waals surface area contributed by atoms with Gasteiger partial charge in [0.15, 0.2) is 0 Å². The van der Waals surface area contributed by atoms with E-state index in [9.17, 15) is 24.3 Å². The molecule has 3 heterocycles. The molecule has 0 saturated carbocycles. The van der Waals surface area contributed by atoms with Gasteiger partial charge in [0.05, 0.1) is 5.92 Å². The highest BCUT2D eigenvalue weighted by atomic mass is 32.1. The number of carbonyl (C=O) groups is 3. The third-order valence-corrected chi connectivity index (χ3v) is 6.61. The number of piperidine rings is 1. The minimum Gasteiger partial charge on any atom is -0.481 e.